The molecule has 0 saturated carbocycles. The predicted molar refractivity (Wildman–Crippen MR) is 76.0 cm³/mol. The standard InChI is InChI=1S/C14H22N2OS/c1-12(2)13-4-6-14(7-5-13)18(17)16-10-8-15(3)9-11-16/h4-7,12H,8-11H2,1-3H3. The summed E-state index contributed by atoms with van der Waals surface area (Å²) in [6.45, 7) is 8.11. The van der Waals surface area contributed by atoms with Crippen molar-refractivity contribution in [3.05, 3.63) is 29.8 Å². The molecule has 0 amide bonds. The predicted octanol–water partition coefficient (Wildman–Crippen LogP) is 2.08. The summed E-state index contributed by atoms with van der Waals surface area (Å²) >= 11 is 0. The second-order valence-electron chi connectivity index (χ2n) is 5.21. The second-order valence-corrected chi connectivity index (χ2v) is 6.69. The van der Waals surface area contributed by atoms with Crippen LogP contribution in [0.2, 0.25) is 0 Å². The molecule has 1 aliphatic rings. The lowest BCUT2D eigenvalue weighted by Gasteiger charge is -2.31. The molecule has 0 radical (unpaired) electrons. The zero-order valence-electron chi connectivity index (χ0n) is 11.4. The molecule has 0 bridgehead atoms. The lowest BCUT2D eigenvalue weighted by Crippen LogP contribution is -2.45. The highest BCUT2D eigenvalue weighted by Gasteiger charge is 2.20. The van der Waals surface area contributed by atoms with Crippen molar-refractivity contribution in [2.24, 2.45) is 0 Å². The van der Waals surface area contributed by atoms with Gasteiger partial charge in [0, 0.05) is 26.2 Å². The summed E-state index contributed by atoms with van der Waals surface area (Å²) in [5.41, 5.74) is 1.30. The summed E-state index contributed by atoms with van der Waals surface area (Å²) in [4.78, 5) is 3.19. The summed E-state index contributed by atoms with van der Waals surface area (Å²) in [6, 6.07) is 8.19. The van der Waals surface area contributed by atoms with E-state index in [4.69, 9.17) is 0 Å². The van der Waals surface area contributed by atoms with Crippen molar-refractivity contribution in [2.75, 3.05) is 33.2 Å². The minimum absolute atomic E-state index is 0.524. The molecule has 1 saturated heterocycles. The maximum atomic E-state index is 12.4. The van der Waals surface area contributed by atoms with Gasteiger partial charge in [-0.2, -0.15) is 0 Å². The van der Waals surface area contributed by atoms with E-state index in [1.54, 1.807) is 0 Å². The Bertz CT molecular complexity index is 408. The Labute approximate surface area is 112 Å². The maximum Gasteiger partial charge on any atom is 0.127 e. The Balaban J connectivity index is 2.04. The first-order chi connectivity index (χ1) is 8.58. The zero-order valence-corrected chi connectivity index (χ0v) is 12.2. The summed E-state index contributed by atoms with van der Waals surface area (Å²) < 4.78 is 14.5. The number of rotatable bonds is 3. The number of likely N-dealkylation sites (N-methyl/N-ethyl adjacent to an activating group) is 1. The Kier molecular flexibility index (Phi) is 4.54. The zero-order chi connectivity index (χ0) is 13.1. The molecule has 1 heterocycles. The third kappa shape index (κ3) is 3.19. The molecular weight excluding hydrogens is 244 g/mol. The normalized spacial score (nSPS) is 20.2. The molecule has 0 aromatic heterocycles. The van der Waals surface area contributed by atoms with Crippen LogP contribution in [0.15, 0.2) is 29.2 Å². The van der Waals surface area contributed by atoms with Gasteiger partial charge in [0.15, 0.2) is 0 Å². The fraction of sp³-hybridized carbons (Fsp3) is 0.571. The molecule has 0 N–H and O–H groups in total. The molecule has 18 heavy (non-hydrogen) atoms. The largest absolute Gasteiger partial charge is 0.304 e. The van der Waals surface area contributed by atoms with Crippen molar-refractivity contribution in [1.82, 2.24) is 9.21 Å². The van der Waals surface area contributed by atoms with Crippen LogP contribution in [0.4, 0.5) is 0 Å². The highest BCUT2D eigenvalue weighted by Crippen LogP contribution is 2.18. The van der Waals surface area contributed by atoms with Gasteiger partial charge in [-0.1, -0.05) is 26.0 Å². The van der Waals surface area contributed by atoms with Gasteiger partial charge in [-0.15, -0.1) is 0 Å². The van der Waals surface area contributed by atoms with Crippen LogP contribution in [0, 0.1) is 0 Å². The van der Waals surface area contributed by atoms with Crippen LogP contribution in [0.5, 0.6) is 0 Å². The van der Waals surface area contributed by atoms with Gasteiger partial charge in [0.1, 0.15) is 11.0 Å². The molecule has 0 aliphatic carbocycles. The average molecular weight is 266 g/mol. The van der Waals surface area contributed by atoms with E-state index in [1.807, 2.05) is 12.1 Å². The fourth-order valence-electron chi connectivity index (χ4n) is 2.07. The average Bonchev–Trinajstić information content (AvgIpc) is 2.39. The molecule has 1 atom stereocenters. The third-order valence-electron chi connectivity index (χ3n) is 3.45. The maximum absolute atomic E-state index is 12.4. The molecule has 1 aromatic carbocycles. The topological polar surface area (TPSA) is 23.6 Å². The van der Waals surface area contributed by atoms with Crippen LogP contribution in [0.1, 0.15) is 25.3 Å². The van der Waals surface area contributed by atoms with E-state index in [0.29, 0.717) is 5.92 Å². The van der Waals surface area contributed by atoms with E-state index < -0.39 is 11.0 Å². The molecule has 2 rings (SSSR count). The van der Waals surface area contributed by atoms with Gasteiger partial charge in [-0.25, -0.2) is 8.51 Å². The van der Waals surface area contributed by atoms with Crippen LogP contribution in [-0.2, 0) is 11.0 Å². The van der Waals surface area contributed by atoms with Crippen molar-refractivity contribution in [1.29, 1.82) is 0 Å². The highest BCUT2D eigenvalue weighted by atomic mass is 32.2. The molecular formula is C14H22N2OS. The molecule has 1 aromatic rings. The lowest BCUT2D eigenvalue weighted by molar-refractivity contribution is 0.228. The van der Waals surface area contributed by atoms with Gasteiger partial charge in [0.2, 0.25) is 0 Å². The first kappa shape index (κ1) is 13.7. The monoisotopic (exact) mass is 266 g/mol. The Hall–Kier alpha value is -0.710. The minimum atomic E-state index is -1.000. The summed E-state index contributed by atoms with van der Waals surface area (Å²) in [5, 5.41) is 0. The van der Waals surface area contributed by atoms with Crippen molar-refractivity contribution in [3.63, 3.8) is 0 Å². The van der Waals surface area contributed by atoms with Crippen LogP contribution in [-0.4, -0.2) is 46.6 Å². The summed E-state index contributed by atoms with van der Waals surface area (Å²) in [7, 11) is 1.11. The van der Waals surface area contributed by atoms with E-state index >= 15 is 0 Å². The Morgan fingerprint density at radius 2 is 1.61 bits per heavy atom. The van der Waals surface area contributed by atoms with Crippen LogP contribution >= 0.6 is 0 Å². The molecule has 0 spiro atoms. The van der Waals surface area contributed by atoms with Gasteiger partial charge in [0.25, 0.3) is 0 Å². The van der Waals surface area contributed by atoms with Crippen molar-refractivity contribution in [2.45, 2.75) is 24.7 Å². The SMILES string of the molecule is CC(C)c1ccc(S(=O)N2CCN(C)CC2)cc1. The number of piperazine rings is 1. The quantitative estimate of drug-likeness (QED) is 0.836. The Morgan fingerprint density at radius 1 is 1.06 bits per heavy atom. The van der Waals surface area contributed by atoms with E-state index in [2.05, 4.69) is 42.2 Å². The fourth-order valence-corrected chi connectivity index (χ4v) is 3.23. The molecule has 100 valence electrons. The van der Waals surface area contributed by atoms with Crippen molar-refractivity contribution < 1.29 is 4.21 Å². The number of hydrogen-bond acceptors (Lipinski definition) is 2. The minimum Gasteiger partial charge on any atom is -0.304 e. The van der Waals surface area contributed by atoms with Gasteiger partial charge >= 0.3 is 0 Å². The smallest absolute Gasteiger partial charge is 0.127 e. The molecule has 1 unspecified atom stereocenters. The van der Waals surface area contributed by atoms with Gasteiger partial charge < -0.3 is 4.90 Å². The number of hydrogen-bond donors (Lipinski definition) is 0. The van der Waals surface area contributed by atoms with E-state index in [1.165, 1.54) is 5.56 Å². The molecule has 4 heteroatoms. The number of nitrogens with zero attached hydrogens (tertiary/aromatic N) is 2. The molecule has 1 aliphatic heterocycles. The van der Waals surface area contributed by atoms with Crippen LogP contribution in [0.25, 0.3) is 0 Å². The lowest BCUT2D eigenvalue weighted by atomic mass is 10.0. The van der Waals surface area contributed by atoms with Crippen molar-refractivity contribution in [3.8, 4) is 0 Å². The molecule has 3 nitrogen and oxygen atoms in total. The number of benzene rings is 1. The van der Waals surface area contributed by atoms with Gasteiger partial charge in [0.05, 0.1) is 4.90 Å². The van der Waals surface area contributed by atoms with E-state index in [0.717, 1.165) is 31.1 Å². The van der Waals surface area contributed by atoms with Crippen LogP contribution < -0.4 is 0 Å². The van der Waals surface area contributed by atoms with Crippen LogP contribution in [0.3, 0.4) is 0 Å². The summed E-state index contributed by atoms with van der Waals surface area (Å²) in [6.07, 6.45) is 0. The highest BCUT2D eigenvalue weighted by molar-refractivity contribution is 7.82. The molecule has 1 fully saturated rings. The second kappa shape index (κ2) is 5.95. The summed E-state index contributed by atoms with van der Waals surface area (Å²) in [5.74, 6) is 0.524. The Morgan fingerprint density at radius 3 is 2.11 bits per heavy atom. The van der Waals surface area contributed by atoms with Gasteiger partial charge in [-0.05, 0) is 30.7 Å². The van der Waals surface area contributed by atoms with Crippen molar-refractivity contribution >= 4 is 11.0 Å². The van der Waals surface area contributed by atoms with E-state index in [9.17, 15) is 4.21 Å². The van der Waals surface area contributed by atoms with Gasteiger partial charge in [-0.3, -0.25) is 0 Å². The van der Waals surface area contributed by atoms with E-state index in [-0.39, 0.29) is 0 Å². The first-order valence-corrected chi connectivity index (χ1v) is 7.64. The first-order valence-electron chi connectivity index (χ1n) is 6.53. The third-order valence-corrected chi connectivity index (χ3v) is 4.95.